The molecule has 1 fully saturated rings. The standard InChI is InChI=1S/C18H9Cl4F6NOS/c19-10-1-7(17(23,24)25)2-11(20)9(10)5-29-14(30)6-31-16(29)15-12(21)3-8(4-13(15)22)18(26,27)28/h1-4,16H,5-6H2/t16-/m0/s1. The van der Waals surface area contributed by atoms with E-state index in [1.54, 1.807) is 0 Å². The van der Waals surface area contributed by atoms with Crippen LogP contribution in [0.25, 0.3) is 0 Å². The quantitative estimate of drug-likeness (QED) is 0.365. The highest BCUT2D eigenvalue weighted by atomic mass is 35.5. The highest BCUT2D eigenvalue weighted by Gasteiger charge is 2.39. The Hall–Kier alpha value is -1.00. The Bertz CT molecular complexity index is 997. The summed E-state index contributed by atoms with van der Waals surface area (Å²) < 4.78 is 77.8. The lowest BCUT2D eigenvalue weighted by Crippen LogP contribution is -2.28. The normalized spacial score (nSPS) is 17.5. The largest absolute Gasteiger partial charge is 0.416 e. The van der Waals surface area contributed by atoms with Crippen molar-refractivity contribution in [3.05, 3.63) is 66.6 Å². The minimum Gasteiger partial charge on any atom is -0.321 e. The first-order chi connectivity index (χ1) is 14.2. The minimum atomic E-state index is -4.68. The molecule has 13 heteroatoms. The number of rotatable bonds is 3. The van der Waals surface area contributed by atoms with Crippen molar-refractivity contribution in [2.24, 2.45) is 0 Å². The molecule has 2 nitrogen and oxygen atoms in total. The summed E-state index contributed by atoms with van der Waals surface area (Å²) in [6.07, 6.45) is -9.35. The average molecular weight is 543 g/mol. The third-order valence-corrected chi connectivity index (χ3v) is 6.94. The smallest absolute Gasteiger partial charge is 0.321 e. The number of benzene rings is 2. The van der Waals surface area contributed by atoms with Gasteiger partial charge >= 0.3 is 12.4 Å². The lowest BCUT2D eigenvalue weighted by molar-refractivity contribution is -0.138. The molecule has 0 aromatic heterocycles. The number of amides is 1. The summed E-state index contributed by atoms with van der Waals surface area (Å²) in [7, 11) is 0. The van der Waals surface area contributed by atoms with E-state index in [2.05, 4.69) is 0 Å². The van der Waals surface area contributed by atoms with Crippen molar-refractivity contribution >= 4 is 64.1 Å². The summed E-state index contributed by atoms with van der Waals surface area (Å²) in [6.45, 7) is -0.292. The first-order valence-corrected chi connectivity index (χ1v) is 10.8. The molecular formula is C18H9Cl4F6NOS. The van der Waals surface area contributed by atoms with E-state index in [1.165, 1.54) is 4.90 Å². The molecule has 168 valence electrons. The minimum absolute atomic E-state index is 0.0474. The highest BCUT2D eigenvalue weighted by Crippen LogP contribution is 2.48. The molecule has 1 saturated heterocycles. The third-order valence-electron chi connectivity index (χ3n) is 4.42. The zero-order chi connectivity index (χ0) is 23.3. The number of alkyl halides is 6. The molecule has 1 aliphatic heterocycles. The second-order valence-electron chi connectivity index (χ2n) is 6.45. The van der Waals surface area contributed by atoms with Gasteiger partial charge in [-0.1, -0.05) is 46.4 Å². The molecule has 0 N–H and O–H groups in total. The molecule has 31 heavy (non-hydrogen) atoms. The van der Waals surface area contributed by atoms with Crippen LogP contribution in [0.1, 0.15) is 27.6 Å². The van der Waals surface area contributed by atoms with Crippen LogP contribution >= 0.6 is 58.2 Å². The fourth-order valence-corrected chi connectivity index (χ4v) is 5.62. The van der Waals surface area contributed by atoms with E-state index < -0.39 is 34.8 Å². The van der Waals surface area contributed by atoms with Crippen molar-refractivity contribution in [2.75, 3.05) is 5.75 Å². The summed E-state index contributed by atoms with van der Waals surface area (Å²) >= 11 is 25.1. The molecule has 1 atom stereocenters. The highest BCUT2D eigenvalue weighted by molar-refractivity contribution is 8.00. The van der Waals surface area contributed by atoms with Crippen LogP contribution in [-0.2, 0) is 23.7 Å². The molecule has 0 unspecified atom stereocenters. The number of carbonyl (C=O) groups is 1. The summed E-state index contributed by atoms with van der Waals surface area (Å²) in [5, 5.41) is -2.12. The van der Waals surface area contributed by atoms with Crippen LogP contribution in [0.3, 0.4) is 0 Å². The van der Waals surface area contributed by atoms with Crippen LogP contribution in [0.4, 0.5) is 26.3 Å². The molecule has 3 rings (SSSR count). The third kappa shape index (κ3) is 5.16. The molecule has 1 heterocycles. The molecular weight excluding hydrogens is 534 g/mol. The molecule has 1 amide bonds. The Morgan fingerprint density at radius 3 is 1.68 bits per heavy atom. The Labute approximate surface area is 196 Å². The second-order valence-corrected chi connectivity index (χ2v) is 9.15. The zero-order valence-corrected chi connectivity index (χ0v) is 18.7. The maximum Gasteiger partial charge on any atom is 0.416 e. The summed E-state index contributed by atoms with van der Waals surface area (Å²) in [5.74, 6) is -0.483. The summed E-state index contributed by atoms with van der Waals surface area (Å²) in [6, 6.07) is 2.76. The van der Waals surface area contributed by atoms with Crippen LogP contribution in [-0.4, -0.2) is 16.6 Å². The Kier molecular flexibility index (Phi) is 6.95. The second kappa shape index (κ2) is 8.74. The van der Waals surface area contributed by atoms with E-state index in [4.69, 9.17) is 46.4 Å². The maximum atomic E-state index is 13.0. The van der Waals surface area contributed by atoms with Gasteiger partial charge in [0.1, 0.15) is 5.37 Å². The van der Waals surface area contributed by atoms with Gasteiger partial charge in [-0.05, 0) is 24.3 Å². The topological polar surface area (TPSA) is 20.3 Å². The van der Waals surface area contributed by atoms with Crippen LogP contribution in [0.15, 0.2) is 24.3 Å². The van der Waals surface area contributed by atoms with Gasteiger partial charge in [-0.3, -0.25) is 4.79 Å². The van der Waals surface area contributed by atoms with Gasteiger partial charge in [0, 0.05) is 31.2 Å². The average Bonchev–Trinajstić information content (AvgIpc) is 2.96. The number of hydrogen-bond donors (Lipinski definition) is 0. The van der Waals surface area contributed by atoms with Gasteiger partial charge < -0.3 is 4.90 Å². The molecule has 0 saturated carbocycles. The Morgan fingerprint density at radius 2 is 1.26 bits per heavy atom. The van der Waals surface area contributed by atoms with Crippen molar-refractivity contribution in [1.29, 1.82) is 0 Å². The number of halogens is 10. The molecule has 0 aliphatic carbocycles. The fraction of sp³-hybridized carbons (Fsp3) is 0.278. The van der Waals surface area contributed by atoms with Crippen molar-refractivity contribution < 1.29 is 31.1 Å². The van der Waals surface area contributed by atoms with Crippen molar-refractivity contribution in [3.8, 4) is 0 Å². The monoisotopic (exact) mass is 541 g/mol. The van der Waals surface area contributed by atoms with Gasteiger partial charge in [0.05, 0.1) is 23.4 Å². The number of nitrogens with zero attached hydrogens (tertiary/aromatic N) is 1. The molecule has 2 aromatic rings. The van der Waals surface area contributed by atoms with Gasteiger partial charge in [-0.25, -0.2) is 0 Å². The molecule has 2 aromatic carbocycles. The van der Waals surface area contributed by atoms with Gasteiger partial charge in [0.15, 0.2) is 0 Å². The number of thioether (sulfide) groups is 1. The van der Waals surface area contributed by atoms with E-state index >= 15 is 0 Å². The van der Waals surface area contributed by atoms with Crippen LogP contribution in [0, 0.1) is 0 Å². The lowest BCUT2D eigenvalue weighted by atomic mass is 10.1. The van der Waals surface area contributed by atoms with Gasteiger partial charge in [-0.15, -0.1) is 11.8 Å². The number of carbonyl (C=O) groups excluding carboxylic acids is 1. The summed E-state index contributed by atoms with van der Waals surface area (Å²) in [4.78, 5) is 13.6. The van der Waals surface area contributed by atoms with Crippen LogP contribution in [0.5, 0.6) is 0 Å². The van der Waals surface area contributed by atoms with Crippen molar-refractivity contribution in [2.45, 2.75) is 24.3 Å². The molecule has 0 bridgehead atoms. The van der Waals surface area contributed by atoms with Crippen LogP contribution in [0.2, 0.25) is 20.1 Å². The van der Waals surface area contributed by atoms with Crippen LogP contribution < -0.4 is 0 Å². The predicted octanol–water partition coefficient (Wildman–Crippen LogP) is 8.11. The predicted molar refractivity (Wildman–Crippen MR) is 109 cm³/mol. The van der Waals surface area contributed by atoms with E-state index in [-0.39, 0.29) is 43.5 Å². The Balaban J connectivity index is 1.99. The van der Waals surface area contributed by atoms with Crippen molar-refractivity contribution in [1.82, 2.24) is 4.90 Å². The zero-order valence-electron chi connectivity index (χ0n) is 14.8. The van der Waals surface area contributed by atoms with E-state index in [9.17, 15) is 31.1 Å². The van der Waals surface area contributed by atoms with E-state index in [1.807, 2.05) is 0 Å². The van der Waals surface area contributed by atoms with Gasteiger partial charge in [-0.2, -0.15) is 26.3 Å². The molecule has 0 radical (unpaired) electrons. The summed E-state index contributed by atoms with van der Waals surface area (Å²) in [5.41, 5.74) is -1.98. The van der Waals surface area contributed by atoms with E-state index in [0.717, 1.165) is 11.8 Å². The van der Waals surface area contributed by atoms with E-state index in [0.29, 0.717) is 24.3 Å². The molecule has 1 aliphatic rings. The number of hydrogen-bond acceptors (Lipinski definition) is 2. The fourth-order valence-electron chi connectivity index (χ4n) is 2.94. The van der Waals surface area contributed by atoms with Gasteiger partial charge in [0.25, 0.3) is 0 Å². The van der Waals surface area contributed by atoms with Crippen molar-refractivity contribution in [3.63, 3.8) is 0 Å². The maximum absolute atomic E-state index is 13.0. The SMILES string of the molecule is O=C1CS[C@@H](c2c(Cl)cc(C(F)(F)F)cc2Cl)N1Cc1c(Cl)cc(C(F)(F)F)cc1Cl. The first-order valence-electron chi connectivity index (χ1n) is 8.22. The first kappa shape index (κ1) is 24.6. The van der Waals surface area contributed by atoms with Gasteiger partial charge in [0.2, 0.25) is 5.91 Å². The Morgan fingerprint density at radius 1 is 0.839 bits per heavy atom. The lowest BCUT2D eigenvalue weighted by Gasteiger charge is -2.27. The molecule has 0 spiro atoms.